The lowest BCUT2D eigenvalue weighted by Crippen LogP contribution is -2.43. The van der Waals surface area contributed by atoms with Crippen LogP contribution in [0.15, 0.2) is 30.3 Å². The first-order chi connectivity index (χ1) is 14.4. The molecule has 1 aromatic carbocycles. The van der Waals surface area contributed by atoms with Crippen molar-refractivity contribution in [1.29, 1.82) is 0 Å². The first-order valence-electron chi connectivity index (χ1n) is 9.18. The van der Waals surface area contributed by atoms with Crippen molar-refractivity contribution in [2.45, 2.75) is 19.4 Å². The number of hydrogen-bond donors (Lipinski definition) is 2. The van der Waals surface area contributed by atoms with Gasteiger partial charge in [-0.1, -0.05) is 11.6 Å². The Labute approximate surface area is 183 Å². The van der Waals surface area contributed by atoms with E-state index in [2.05, 4.69) is 16.6 Å². The highest BCUT2D eigenvalue weighted by Crippen LogP contribution is 2.25. The molecule has 3 rings (SSSR count). The van der Waals surface area contributed by atoms with Gasteiger partial charge in [0.1, 0.15) is 12.6 Å². The van der Waals surface area contributed by atoms with Crippen molar-refractivity contribution in [2.24, 2.45) is 0 Å². The van der Waals surface area contributed by atoms with Crippen LogP contribution in [0.25, 0.3) is 0 Å². The van der Waals surface area contributed by atoms with Crippen LogP contribution in [0.1, 0.15) is 21.7 Å². The van der Waals surface area contributed by atoms with E-state index in [1.54, 1.807) is 35.2 Å². The summed E-state index contributed by atoms with van der Waals surface area (Å²) >= 11 is 6.98. The first kappa shape index (κ1) is 21.8. The Morgan fingerprint density at radius 2 is 2.17 bits per heavy atom. The fourth-order valence-corrected chi connectivity index (χ4v) is 3.98. The fraction of sp³-hybridized carbons (Fsp3) is 0.286. The van der Waals surface area contributed by atoms with E-state index in [-0.39, 0.29) is 18.9 Å². The van der Waals surface area contributed by atoms with Crippen LogP contribution in [0, 0.1) is 19.3 Å². The zero-order valence-corrected chi connectivity index (χ0v) is 17.8. The van der Waals surface area contributed by atoms with E-state index in [1.165, 1.54) is 0 Å². The number of carbonyl (C=O) groups excluding carboxylic acids is 3. The van der Waals surface area contributed by atoms with Crippen LogP contribution in [0.4, 0.5) is 11.4 Å². The molecular weight excluding hydrogens is 426 g/mol. The third-order valence-electron chi connectivity index (χ3n) is 4.48. The van der Waals surface area contributed by atoms with E-state index in [4.69, 9.17) is 22.8 Å². The predicted molar refractivity (Wildman–Crippen MR) is 117 cm³/mol. The molecule has 0 bridgehead atoms. The first-order valence-corrected chi connectivity index (χ1v) is 10.4. The molecule has 2 aromatic rings. The van der Waals surface area contributed by atoms with Gasteiger partial charge in [0.2, 0.25) is 5.91 Å². The number of rotatable bonds is 6. The number of nitrogens with one attached hydrogen (secondary N) is 2. The zero-order chi connectivity index (χ0) is 21.7. The maximum Gasteiger partial charge on any atom is 0.262 e. The number of aryl methyl sites for hydroxylation is 1. The average Bonchev–Trinajstić information content (AvgIpc) is 3.15. The molecule has 2 heterocycles. The third kappa shape index (κ3) is 5.19. The Bertz CT molecular complexity index is 1010. The Morgan fingerprint density at radius 3 is 2.80 bits per heavy atom. The number of halogens is 1. The van der Waals surface area contributed by atoms with Gasteiger partial charge in [-0.25, -0.2) is 0 Å². The third-order valence-corrected chi connectivity index (χ3v) is 5.71. The molecule has 3 amide bonds. The number of carbonyl (C=O) groups is 3. The summed E-state index contributed by atoms with van der Waals surface area (Å²) in [5, 5.41) is 5.41. The van der Waals surface area contributed by atoms with Crippen molar-refractivity contribution in [2.75, 3.05) is 30.0 Å². The van der Waals surface area contributed by atoms with Crippen molar-refractivity contribution in [3.05, 3.63) is 45.1 Å². The van der Waals surface area contributed by atoms with Gasteiger partial charge >= 0.3 is 0 Å². The lowest BCUT2D eigenvalue weighted by Gasteiger charge is -2.28. The maximum absolute atomic E-state index is 12.7. The second-order valence-corrected chi connectivity index (χ2v) is 8.34. The summed E-state index contributed by atoms with van der Waals surface area (Å²) in [6.45, 7) is 2.87. The molecule has 1 fully saturated rings. The topological polar surface area (TPSA) is 87.7 Å². The summed E-state index contributed by atoms with van der Waals surface area (Å²) in [6, 6.07) is 7.55. The number of morpholine rings is 1. The van der Waals surface area contributed by atoms with Crippen LogP contribution < -0.4 is 15.5 Å². The molecule has 0 saturated carbocycles. The SMILES string of the molecule is C#CCC(NC(=O)c1ccc(Cl)s1)C(=O)Nc1ccc(N2CCOCC2=O)c(C)c1. The van der Waals surface area contributed by atoms with E-state index < -0.39 is 17.9 Å². The average molecular weight is 446 g/mol. The largest absolute Gasteiger partial charge is 0.370 e. The van der Waals surface area contributed by atoms with Crippen molar-refractivity contribution in [3.63, 3.8) is 0 Å². The number of amides is 3. The minimum absolute atomic E-state index is 0.0377. The molecule has 30 heavy (non-hydrogen) atoms. The second kappa shape index (κ2) is 9.76. The number of hydrogen-bond acceptors (Lipinski definition) is 5. The van der Waals surface area contributed by atoms with E-state index in [0.717, 1.165) is 22.6 Å². The Morgan fingerprint density at radius 1 is 1.37 bits per heavy atom. The lowest BCUT2D eigenvalue weighted by molar-refractivity contribution is -0.125. The van der Waals surface area contributed by atoms with Crippen LogP contribution in [0.3, 0.4) is 0 Å². The van der Waals surface area contributed by atoms with Crippen molar-refractivity contribution in [3.8, 4) is 12.3 Å². The molecule has 0 spiro atoms. The number of benzene rings is 1. The Kier molecular flexibility index (Phi) is 7.11. The van der Waals surface area contributed by atoms with Gasteiger partial charge in [-0.15, -0.1) is 23.7 Å². The number of thiophene rings is 1. The van der Waals surface area contributed by atoms with Crippen molar-refractivity contribution >= 4 is 52.0 Å². The summed E-state index contributed by atoms with van der Waals surface area (Å²) in [6.07, 6.45) is 5.41. The molecule has 1 saturated heterocycles. The van der Waals surface area contributed by atoms with Crippen molar-refractivity contribution < 1.29 is 19.1 Å². The Hall–Kier alpha value is -2.86. The molecule has 1 aromatic heterocycles. The summed E-state index contributed by atoms with van der Waals surface area (Å²) in [5.74, 6) is 1.46. The molecule has 156 valence electrons. The van der Waals surface area contributed by atoms with Crippen molar-refractivity contribution in [1.82, 2.24) is 5.32 Å². The van der Waals surface area contributed by atoms with Gasteiger partial charge in [0, 0.05) is 24.3 Å². The highest BCUT2D eigenvalue weighted by Gasteiger charge is 2.24. The van der Waals surface area contributed by atoms with E-state index in [9.17, 15) is 14.4 Å². The number of nitrogens with zero attached hydrogens (tertiary/aromatic N) is 1. The van der Waals surface area contributed by atoms with Gasteiger partial charge in [0.15, 0.2) is 0 Å². The smallest absolute Gasteiger partial charge is 0.262 e. The van der Waals surface area contributed by atoms with E-state index >= 15 is 0 Å². The minimum Gasteiger partial charge on any atom is -0.370 e. The fourth-order valence-electron chi connectivity index (χ4n) is 3.03. The summed E-state index contributed by atoms with van der Waals surface area (Å²) in [5.41, 5.74) is 2.13. The van der Waals surface area contributed by atoms with Crippen LogP contribution in [-0.4, -0.2) is 43.5 Å². The molecule has 0 aliphatic carbocycles. The van der Waals surface area contributed by atoms with Crippen LogP contribution in [0.2, 0.25) is 4.34 Å². The predicted octanol–water partition coefficient (Wildman–Crippen LogP) is 2.83. The quantitative estimate of drug-likeness (QED) is 0.669. The number of terminal acetylenes is 1. The van der Waals surface area contributed by atoms with Crippen LogP contribution in [-0.2, 0) is 14.3 Å². The second-order valence-electron chi connectivity index (χ2n) is 6.63. The highest BCUT2D eigenvalue weighted by molar-refractivity contribution is 7.18. The van der Waals surface area contributed by atoms with E-state index in [1.807, 2.05) is 6.92 Å². The molecule has 1 aliphatic heterocycles. The molecule has 1 aliphatic rings. The molecule has 1 atom stereocenters. The minimum atomic E-state index is -0.899. The standard InChI is InChI=1S/C21H20ClN3O4S/c1-3-4-15(24-21(28)17-7-8-18(22)30-17)20(27)23-14-5-6-16(13(2)11-14)25-9-10-29-12-19(25)26/h1,5-8,11,15H,4,9-10,12H2,2H3,(H,23,27)(H,24,28). The number of anilines is 2. The molecular formula is C21H20ClN3O4S. The molecule has 7 nitrogen and oxygen atoms in total. The van der Waals surface area contributed by atoms with Gasteiger partial charge in [0.25, 0.3) is 11.8 Å². The van der Waals surface area contributed by atoms with Gasteiger partial charge in [-0.2, -0.15) is 0 Å². The number of ether oxygens (including phenoxy) is 1. The van der Waals surface area contributed by atoms with Crippen LogP contribution >= 0.6 is 22.9 Å². The Balaban J connectivity index is 1.69. The molecule has 9 heteroatoms. The zero-order valence-electron chi connectivity index (χ0n) is 16.2. The summed E-state index contributed by atoms with van der Waals surface area (Å²) in [7, 11) is 0. The molecule has 2 N–H and O–H groups in total. The summed E-state index contributed by atoms with van der Waals surface area (Å²) in [4.78, 5) is 39.2. The monoisotopic (exact) mass is 445 g/mol. The van der Waals surface area contributed by atoms with E-state index in [0.29, 0.717) is 28.1 Å². The molecule has 1 unspecified atom stereocenters. The van der Waals surface area contributed by atoms with Gasteiger partial charge in [-0.05, 0) is 42.8 Å². The van der Waals surface area contributed by atoms with Crippen LogP contribution in [0.5, 0.6) is 0 Å². The normalized spacial score (nSPS) is 14.7. The molecule has 0 radical (unpaired) electrons. The van der Waals surface area contributed by atoms with Gasteiger partial charge < -0.3 is 20.3 Å². The highest BCUT2D eigenvalue weighted by atomic mass is 35.5. The lowest BCUT2D eigenvalue weighted by atomic mass is 10.1. The summed E-state index contributed by atoms with van der Waals surface area (Å²) < 4.78 is 5.64. The van der Waals surface area contributed by atoms with Gasteiger partial charge in [0.05, 0.1) is 15.8 Å². The van der Waals surface area contributed by atoms with Gasteiger partial charge in [-0.3, -0.25) is 14.4 Å². The maximum atomic E-state index is 12.7.